The summed E-state index contributed by atoms with van der Waals surface area (Å²) < 4.78 is 37.8. The molecular formula is C27H34F3N3S. The van der Waals surface area contributed by atoms with E-state index in [0.29, 0.717) is 13.0 Å². The summed E-state index contributed by atoms with van der Waals surface area (Å²) in [6.07, 6.45) is 14.0. The van der Waals surface area contributed by atoms with E-state index >= 15 is 0 Å². The summed E-state index contributed by atoms with van der Waals surface area (Å²) in [4.78, 5) is 9.69. The van der Waals surface area contributed by atoms with Crippen LogP contribution in [0.5, 0.6) is 0 Å². The van der Waals surface area contributed by atoms with Crippen molar-refractivity contribution in [1.82, 2.24) is 4.98 Å². The molecule has 0 fully saturated rings. The average molecular weight is 490 g/mol. The van der Waals surface area contributed by atoms with Gasteiger partial charge in [-0.25, -0.2) is 4.98 Å². The molecule has 34 heavy (non-hydrogen) atoms. The number of nitrogens with zero attached hydrogens (tertiary/aromatic N) is 2. The first-order valence-electron chi connectivity index (χ1n) is 11.3. The van der Waals surface area contributed by atoms with Crippen molar-refractivity contribution in [3.8, 4) is 0 Å². The molecule has 1 aliphatic heterocycles. The number of alkyl halides is 3. The van der Waals surface area contributed by atoms with E-state index in [1.807, 2.05) is 24.7 Å². The summed E-state index contributed by atoms with van der Waals surface area (Å²) in [5, 5.41) is 4.14. The minimum absolute atomic E-state index is 0.610. The lowest BCUT2D eigenvalue weighted by Crippen LogP contribution is -2.05. The molecule has 1 aliphatic rings. The second-order valence-corrected chi connectivity index (χ2v) is 8.24. The number of aliphatic imine (C=N–C) groups is 1. The quantitative estimate of drug-likeness (QED) is 0.325. The third kappa shape index (κ3) is 11.3. The van der Waals surface area contributed by atoms with Crippen LogP contribution in [-0.2, 0) is 12.6 Å². The van der Waals surface area contributed by atoms with Gasteiger partial charge in [0.1, 0.15) is 0 Å². The minimum Gasteiger partial charge on any atom is -0.361 e. The van der Waals surface area contributed by atoms with Crippen LogP contribution in [0.3, 0.4) is 0 Å². The standard InChI is InChI=1S/C22H22F3N3S.C3H8.C2H4/c23-22(24,25)19-11-9-17(10-12-19)6-5-15-27-21-28-16-20(29-21)18-7-1-3-13-26-14-4-2-8-18;1-3-2;1-2/h1,4,7-14,16H,2-3,5-6,15H2,(H,27,28);3H2,1-2H3;1-2H2/b7-1-,14-4-,18-8+,26-13?;;. The van der Waals surface area contributed by atoms with Crippen LogP contribution >= 0.6 is 11.3 Å². The molecule has 0 bridgehead atoms. The van der Waals surface area contributed by atoms with Gasteiger partial charge in [-0.3, -0.25) is 4.99 Å². The average Bonchev–Trinajstić information content (AvgIpc) is 3.30. The van der Waals surface area contributed by atoms with Crippen molar-refractivity contribution in [2.45, 2.75) is 52.1 Å². The molecule has 2 aromatic rings. The first-order chi connectivity index (χ1) is 16.4. The highest BCUT2D eigenvalue weighted by Gasteiger charge is 2.29. The van der Waals surface area contributed by atoms with Gasteiger partial charge in [-0.15, -0.1) is 13.2 Å². The Morgan fingerprint density at radius 2 is 1.76 bits per heavy atom. The highest BCUT2D eigenvalue weighted by Crippen LogP contribution is 2.29. The Morgan fingerprint density at radius 1 is 1.06 bits per heavy atom. The van der Waals surface area contributed by atoms with Crippen LogP contribution in [0.2, 0.25) is 0 Å². The zero-order chi connectivity index (χ0) is 25.2. The SMILES string of the molecule is C=C.CCC.FC(F)(F)c1ccc(CCCNc2ncc(C3=C/C/C=C\N=CC/C=C\3)s2)cc1. The molecule has 1 aromatic heterocycles. The van der Waals surface area contributed by atoms with Crippen molar-refractivity contribution >= 4 is 28.3 Å². The summed E-state index contributed by atoms with van der Waals surface area (Å²) in [5.41, 5.74) is 1.43. The highest BCUT2D eigenvalue weighted by molar-refractivity contribution is 7.16. The van der Waals surface area contributed by atoms with Gasteiger partial charge in [-0.2, -0.15) is 13.2 Å². The topological polar surface area (TPSA) is 37.3 Å². The van der Waals surface area contributed by atoms with Gasteiger partial charge in [0.2, 0.25) is 0 Å². The van der Waals surface area contributed by atoms with Gasteiger partial charge in [0.05, 0.1) is 10.4 Å². The number of hydrogen-bond acceptors (Lipinski definition) is 4. The van der Waals surface area contributed by atoms with E-state index in [9.17, 15) is 13.2 Å². The van der Waals surface area contributed by atoms with Crippen LogP contribution in [0.1, 0.15) is 55.5 Å². The molecule has 1 N–H and O–H groups in total. The number of aromatic nitrogens is 1. The Morgan fingerprint density at radius 3 is 2.44 bits per heavy atom. The van der Waals surface area contributed by atoms with Crippen molar-refractivity contribution in [1.29, 1.82) is 0 Å². The Labute approximate surface area is 205 Å². The molecule has 3 nitrogen and oxygen atoms in total. The van der Waals surface area contributed by atoms with Gasteiger partial charge in [-0.05, 0) is 42.5 Å². The first-order valence-corrected chi connectivity index (χ1v) is 12.1. The second kappa shape index (κ2) is 16.6. The molecule has 1 aromatic carbocycles. The van der Waals surface area contributed by atoms with Crippen molar-refractivity contribution in [3.63, 3.8) is 0 Å². The molecule has 2 heterocycles. The predicted molar refractivity (Wildman–Crippen MR) is 142 cm³/mol. The lowest BCUT2D eigenvalue weighted by molar-refractivity contribution is -0.137. The van der Waals surface area contributed by atoms with E-state index in [4.69, 9.17) is 0 Å². The number of benzene rings is 1. The van der Waals surface area contributed by atoms with Crippen LogP contribution in [0.15, 0.2) is 79.1 Å². The molecule has 184 valence electrons. The molecular weight excluding hydrogens is 455 g/mol. The number of allylic oxidation sites excluding steroid dienone is 5. The summed E-state index contributed by atoms with van der Waals surface area (Å²) in [5.74, 6) is 0. The molecule has 3 rings (SSSR count). The largest absolute Gasteiger partial charge is 0.416 e. The number of nitrogens with one attached hydrogen (secondary N) is 1. The van der Waals surface area contributed by atoms with E-state index in [-0.39, 0.29) is 0 Å². The van der Waals surface area contributed by atoms with E-state index in [1.165, 1.54) is 6.42 Å². The molecule has 0 amide bonds. The Bertz CT molecular complexity index is 939. The van der Waals surface area contributed by atoms with E-state index < -0.39 is 11.7 Å². The van der Waals surface area contributed by atoms with Crippen LogP contribution in [0, 0.1) is 0 Å². The highest BCUT2D eigenvalue weighted by atomic mass is 32.1. The van der Waals surface area contributed by atoms with E-state index in [0.717, 1.165) is 52.5 Å². The number of rotatable bonds is 6. The van der Waals surface area contributed by atoms with Crippen LogP contribution in [0.25, 0.3) is 5.57 Å². The second-order valence-electron chi connectivity index (χ2n) is 7.21. The van der Waals surface area contributed by atoms with Gasteiger partial charge in [-0.1, -0.05) is 68.0 Å². The maximum atomic E-state index is 12.6. The molecule has 0 saturated carbocycles. The minimum atomic E-state index is -4.29. The Hall–Kier alpha value is -2.93. The van der Waals surface area contributed by atoms with Crippen molar-refractivity contribution in [2.24, 2.45) is 4.99 Å². The molecule has 0 unspecified atom stereocenters. The van der Waals surface area contributed by atoms with Gasteiger partial charge in [0, 0.05) is 31.6 Å². The predicted octanol–water partition coefficient (Wildman–Crippen LogP) is 8.74. The lowest BCUT2D eigenvalue weighted by Gasteiger charge is -2.07. The number of thiazole rings is 1. The Balaban J connectivity index is 0.00000107. The normalized spacial score (nSPS) is 16.6. The fourth-order valence-electron chi connectivity index (χ4n) is 2.78. The zero-order valence-corrected chi connectivity index (χ0v) is 20.8. The van der Waals surface area contributed by atoms with Gasteiger partial charge in [0.25, 0.3) is 0 Å². The summed E-state index contributed by atoms with van der Waals surface area (Å²) >= 11 is 1.59. The number of anilines is 1. The molecule has 0 saturated heterocycles. The maximum Gasteiger partial charge on any atom is 0.416 e. The summed E-state index contributed by atoms with van der Waals surface area (Å²) in [6, 6.07) is 5.36. The number of hydrogen-bond donors (Lipinski definition) is 1. The zero-order valence-electron chi connectivity index (χ0n) is 19.9. The monoisotopic (exact) mass is 489 g/mol. The summed E-state index contributed by atoms with van der Waals surface area (Å²) in [6.45, 7) is 11.0. The number of aryl methyl sites for hydroxylation is 1. The number of halogens is 3. The first kappa shape index (κ1) is 29.1. The molecule has 0 atom stereocenters. The van der Waals surface area contributed by atoms with Crippen molar-refractivity contribution in [3.05, 3.63) is 90.1 Å². The van der Waals surface area contributed by atoms with Gasteiger partial charge in [0.15, 0.2) is 5.13 Å². The smallest absolute Gasteiger partial charge is 0.361 e. The molecule has 0 radical (unpaired) electrons. The fourth-order valence-corrected chi connectivity index (χ4v) is 3.65. The van der Waals surface area contributed by atoms with Crippen LogP contribution in [0.4, 0.5) is 18.3 Å². The van der Waals surface area contributed by atoms with Crippen LogP contribution in [-0.4, -0.2) is 17.7 Å². The molecule has 0 spiro atoms. The van der Waals surface area contributed by atoms with Crippen molar-refractivity contribution in [2.75, 3.05) is 11.9 Å². The van der Waals surface area contributed by atoms with Crippen LogP contribution < -0.4 is 5.32 Å². The molecule has 0 aliphatic carbocycles. The third-order valence-corrected chi connectivity index (χ3v) is 5.30. The van der Waals surface area contributed by atoms with E-state index in [2.05, 4.69) is 60.5 Å². The van der Waals surface area contributed by atoms with E-state index in [1.54, 1.807) is 23.5 Å². The van der Waals surface area contributed by atoms with Gasteiger partial charge < -0.3 is 5.32 Å². The molecule has 7 heteroatoms. The fraction of sp³-hybridized carbons (Fsp3) is 0.333. The Kier molecular flexibility index (Phi) is 14.2. The third-order valence-electron chi connectivity index (χ3n) is 4.30. The van der Waals surface area contributed by atoms with Crippen molar-refractivity contribution < 1.29 is 13.2 Å². The lowest BCUT2D eigenvalue weighted by atomic mass is 10.1. The maximum absolute atomic E-state index is 12.6. The summed E-state index contributed by atoms with van der Waals surface area (Å²) in [7, 11) is 0. The van der Waals surface area contributed by atoms with Gasteiger partial charge >= 0.3 is 6.18 Å².